The van der Waals surface area contributed by atoms with Crippen molar-refractivity contribution < 1.29 is 104 Å². The summed E-state index contributed by atoms with van der Waals surface area (Å²) in [5.74, 6) is -3.21. The van der Waals surface area contributed by atoms with Crippen LogP contribution in [-0.4, -0.2) is 242 Å². The molecule has 15 heterocycles. The molecule has 0 bridgehead atoms. The van der Waals surface area contributed by atoms with E-state index in [-0.39, 0.29) is 198 Å². The largest absolute Gasteiger partial charge is 0.455 e. The lowest BCUT2D eigenvalue weighted by molar-refractivity contribution is -0.140. The van der Waals surface area contributed by atoms with Crippen LogP contribution in [0.4, 0.5) is 8.78 Å². The third-order valence-corrected chi connectivity index (χ3v) is 31.4. The average molecular weight is 1820 g/mol. The van der Waals surface area contributed by atoms with E-state index in [0.717, 1.165) is 138 Å². The van der Waals surface area contributed by atoms with Crippen LogP contribution in [0.5, 0.6) is 0 Å². The van der Waals surface area contributed by atoms with Crippen LogP contribution < -0.4 is 5.32 Å². The zero-order valence-corrected chi connectivity index (χ0v) is 77.1. The summed E-state index contributed by atoms with van der Waals surface area (Å²) in [7, 11) is 0. The number of piperidine rings is 3. The quantitative estimate of drug-likeness (QED) is 0.124. The zero-order valence-electron chi connectivity index (χ0n) is 76.3. The van der Waals surface area contributed by atoms with Gasteiger partial charge >= 0.3 is 29.8 Å². The zero-order chi connectivity index (χ0) is 92.4. The molecular weight excluding hydrogens is 1690 g/mol. The van der Waals surface area contributed by atoms with Crippen LogP contribution in [-0.2, 0) is 90.5 Å². The summed E-state index contributed by atoms with van der Waals surface area (Å²) < 4.78 is 85.5. The van der Waals surface area contributed by atoms with Crippen molar-refractivity contribution in [3.63, 3.8) is 0 Å². The number of halogens is 2. The smallest absolute Gasteiger partial charge is 0.334 e. The molecule has 0 saturated carbocycles. The van der Waals surface area contributed by atoms with Gasteiger partial charge in [-0.15, -0.1) is 11.8 Å². The summed E-state index contributed by atoms with van der Waals surface area (Å²) in [4.78, 5) is 143. The van der Waals surface area contributed by atoms with E-state index < -0.39 is 11.9 Å². The van der Waals surface area contributed by atoms with Crippen molar-refractivity contribution in [3.05, 3.63) is 137 Å². The van der Waals surface area contributed by atoms with Gasteiger partial charge in [0.2, 0.25) is 23.7 Å². The third kappa shape index (κ3) is 20.1. The highest BCUT2D eigenvalue weighted by Crippen LogP contribution is 2.56. The first kappa shape index (κ1) is 94.1. The first-order chi connectivity index (χ1) is 61.9. The van der Waals surface area contributed by atoms with Crippen molar-refractivity contribution in [1.82, 2.24) is 29.6 Å². The molecule has 702 valence electrons. The number of carbonyl (C=O) groups excluding carboxylic acids is 10. The van der Waals surface area contributed by atoms with Crippen molar-refractivity contribution in [2.75, 3.05) is 52.1 Å². The molecule has 14 aliphatic heterocycles. The molecule has 5 aliphatic carbocycles. The molecule has 28 nitrogen and oxygen atoms in total. The summed E-state index contributed by atoms with van der Waals surface area (Å²) in [6.07, 6.45) is 32.6. The number of esters is 5. The standard InChI is InChI=1S/C21H29NO4.C20H25F2NO4.C20H27NO4.C19H23N3O4S.C19H22N2O4/c1-13-8-11-22(12-9-13)19(23)15-5-4-10-21(3)18(26-21)17-16(7-6-15)14(2)20(24)25-17;1-12-14-6-5-13(17(24)23-10-8-20(21,22)9-11-23)4-3-7-19(2)16(27-19)15(14)26-18(12)25;1-13-15-9-8-14(18(22)21-11-4-3-5-12-21)7-6-10-20(2)17(25-20)16(15)24-19(13)23;1-10-12-7-6-11(16(23)22-18-20-9-13(21-18)27-3)5-4-8-19(2)15(26-19)14(12)25-17(10)24;1-11-14-7-6-13(17(22)21-10-9-20-12(21)2)5-4-8-19(3)16(25-19)15(14)24-18(11)23/h5,13,16-18H,2,4,6-12H2,1,3H3;4,14-16H,1,3,5-11H2,2H3;7,15-17H,1,3-6,8-12H2,2H3;5,12,14-15H,1,4,6-9H2,2-3H3,(H,20,22,23);5,9-10,14-16H,1,4,6-8H2,2-3H3/b15-5+;13-4+;14-7+;11-5+;13-5+/t16-,17-,18-,21+;14-,15-,16-,19+;15-,16-,17-,20+;12-,14-,15-,19+;14-,15-,16-,19+/m00000/s1. The Kier molecular flexibility index (Phi) is 27.3. The maximum atomic E-state index is 13.4. The lowest BCUT2D eigenvalue weighted by atomic mass is 9.83. The molecule has 20 rings (SSSR count). The Balaban J connectivity index is 0.000000119. The van der Waals surface area contributed by atoms with Crippen LogP contribution in [0.3, 0.4) is 0 Å². The monoisotopic (exact) mass is 1820 g/mol. The predicted molar refractivity (Wildman–Crippen MR) is 477 cm³/mol. The molecule has 4 amide bonds. The molecular formula is C99H126F2N8O20S. The fourth-order valence-corrected chi connectivity index (χ4v) is 22.0. The second kappa shape index (κ2) is 37.7. The summed E-state index contributed by atoms with van der Waals surface area (Å²) in [5.41, 5.74) is 4.84. The number of alkyl halides is 2. The Bertz CT molecular complexity index is 5020. The molecule has 0 spiro atoms. The van der Waals surface area contributed by atoms with Gasteiger partial charge in [-0.25, -0.2) is 47.7 Å². The Morgan fingerprint density at radius 3 is 1.05 bits per heavy atom. The number of amides is 4. The number of hydrogen-bond acceptors (Lipinski definition) is 24. The number of fused-ring (bicyclic) bond motifs is 15. The van der Waals surface area contributed by atoms with Crippen LogP contribution in [0.15, 0.2) is 141 Å². The molecule has 1 aromatic rings. The summed E-state index contributed by atoms with van der Waals surface area (Å²) >= 11 is 1.53. The van der Waals surface area contributed by atoms with E-state index in [9.17, 15) is 56.7 Å². The molecule has 13 saturated heterocycles. The van der Waals surface area contributed by atoms with Gasteiger partial charge in [0.25, 0.3) is 17.7 Å². The molecule has 0 unspecified atom stereocenters. The fourth-order valence-electron chi connectivity index (χ4n) is 21.7. The molecule has 19 aliphatic rings. The van der Waals surface area contributed by atoms with Crippen LogP contribution in [0.25, 0.3) is 0 Å². The number of carbonyl (C=O) groups is 10. The lowest BCUT2D eigenvalue weighted by Crippen LogP contribution is -2.43. The Morgan fingerprint density at radius 1 is 0.431 bits per heavy atom. The van der Waals surface area contributed by atoms with Gasteiger partial charge in [0.1, 0.15) is 66.9 Å². The number of allylic oxidation sites excluding steroid dienone is 6. The predicted octanol–water partition coefficient (Wildman–Crippen LogP) is 13.3. The minimum Gasteiger partial charge on any atom is -0.455 e. The van der Waals surface area contributed by atoms with E-state index in [4.69, 9.17) is 47.4 Å². The number of epoxide rings is 5. The number of hydrogen-bond donors (Lipinski definition) is 1. The molecule has 20 atom stereocenters. The minimum absolute atomic E-state index is 0.0338. The van der Waals surface area contributed by atoms with Crippen molar-refractivity contribution in [2.45, 2.75) is 317 Å². The molecule has 0 radical (unpaired) electrons. The van der Waals surface area contributed by atoms with Gasteiger partial charge in [-0.05, 0) is 214 Å². The fraction of sp³-hybridized carbons (Fsp3) is 0.646. The SMILES string of the molecule is C=C1C(=O)O[C@H]2[C@H]1CC/C(C(=O)N1CCC(C)CC1)=C\CC[C@@]1(C)O[C@@H]21.C=C1C(=O)O[C@H]2[C@H]1CC/C(C(=O)N1CCC(F)(F)CC1)=C\CC[C@@]1(C)O[C@@H]21.C=C1C(=O)O[C@H]2[C@H]1CC/C(C(=O)N1CCCCC1)=C\CC[C@@]1(C)O[C@@H]21.C=C1C(=O)O[C@H]2[C@H]1CC/C(C(=O)NC1=NCC(SC)=N1)=C\CC[C@@]1(C)O[C@@H]21.C=C1C(=O)O[C@H]2[C@H]1CC/C(C(=O)n1ccnc1C)=C\CC[C@@]1(C)O[C@@H]21. The number of aryl methyl sites for hydroxylation is 1. The van der Waals surface area contributed by atoms with Crippen molar-refractivity contribution in [3.8, 4) is 0 Å². The Labute approximate surface area is 763 Å². The molecule has 13 fully saturated rings. The van der Waals surface area contributed by atoms with Gasteiger partial charge in [-0.2, -0.15) is 0 Å². The number of thioether (sulfide) groups is 1. The van der Waals surface area contributed by atoms with Gasteiger partial charge in [0, 0.05) is 150 Å². The van der Waals surface area contributed by atoms with Crippen LogP contribution in [0.1, 0.15) is 226 Å². The van der Waals surface area contributed by atoms with E-state index in [1.54, 1.807) is 17.0 Å². The third-order valence-electron chi connectivity index (χ3n) is 30.7. The van der Waals surface area contributed by atoms with Gasteiger partial charge in [0.15, 0.2) is 0 Å². The van der Waals surface area contributed by atoms with E-state index >= 15 is 0 Å². The van der Waals surface area contributed by atoms with Gasteiger partial charge in [-0.1, -0.05) is 70.2 Å². The molecule has 1 N–H and O–H groups in total. The van der Waals surface area contributed by atoms with Crippen molar-refractivity contribution in [1.29, 1.82) is 0 Å². The number of aromatic nitrogens is 2. The average Bonchev–Trinajstić information content (AvgIpc) is 1.60. The second-order valence-corrected chi connectivity index (χ2v) is 40.6. The maximum absolute atomic E-state index is 13.4. The van der Waals surface area contributed by atoms with Crippen LogP contribution in [0, 0.1) is 42.4 Å². The molecule has 130 heavy (non-hydrogen) atoms. The molecule has 0 aromatic carbocycles. The van der Waals surface area contributed by atoms with Gasteiger partial charge in [0.05, 0.1) is 39.6 Å². The molecule has 31 heteroatoms. The minimum atomic E-state index is -2.68. The van der Waals surface area contributed by atoms with Gasteiger partial charge in [-0.3, -0.25) is 33.9 Å². The van der Waals surface area contributed by atoms with Crippen LogP contribution >= 0.6 is 11.8 Å². The molecule has 1 aromatic heterocycles. The summed E-state index contributed by atoms with van der Waals surface area (Å²) in [6.45, 7) is 37.9. The Morgan fingerprint density at radius 2 is 0.738 bits per heavy atom. The van der Waals surface area contributed by atoms with Crippen LogP contribution in [0.2, 0.25) is 0 Å². The topological polar surface area (TPSA) is 344 Å². The summed E-state index contributed by atoms with van der Waals surface area (Å²) in [5, 5.41) is 3.68. The number of aliphatic imine (C=N–C) groups is 2. The number of nitrogens with one attached hydrogen (secondary N) is 1. The highest BCUT2D eigenvalue weighted by atomic mass is 32.2. The van der Waals surface area contributed by atoms with Gasteiger partial charge < -0.3 is 62.1 Å². The highest BCUT2D eigenvalue weighted by molar-refractivity contribution is 8.13. The number of guanidine groups is 1. The summed E-state index contributed by atoms with van der Waals surface area (Å²) in [6, 6.07) is 0. The number of ether oxygens (including phenoxy) is 10. The number of nitrogens with zero attached hydrogens (tertiary/aromatic N) is 7. The second-order valence-electron chi connectivity index (χ2n) is 39.7. The number of imidazole rings is 1. The van der Waals surface area contributed by atoms with E-state index in [0.29, 0.717) is 127 Å². The highest BCUT2D eigenvalue weighted by Gasteiger charge is 2.67. The first-order valence-electron chi connectivity index (χ1n) is 47.0. The van der Waals surface area contributed by atoms with E-state index in [1.807, 2.05) is 62.0 Å². The van der Waals surface area contributed by atoms with E-state index in [2.05, 4.69) is 86.1 Å². The van der Waals surface area contributed by atoms with Crippen molar-refractivity contribution in [2.24, 2.45) is 45.5 Å². The number of likely N-dealkylation sites (tertiary alicyclic amines) is 3. The van der Waals surface area contributed by atoms with Crippen molar-refractivity contribution >= 4 is 82.1 Å². The lowest BCUT2D eigenvalue weighted by Gasteiger charge is -2.32. The maximum Gasteiger partial charge on any atom is 0.334 e. The first-order valence-corrected chi connectivity index (χ1v) is 48.2. The Hall–Kier alpha value is -9.14. The van der Waals surface area contributed by atoms with E-state index in [1.165, 1.54) is 23.1 Å². The number of rotatable bonds is 5. The normalized spacial score (nSPS) is 39.0.